The van der Waals surface area contributed by atoms with Crippen molar-refractivity contribution in [3.8, 4) is 11.7 Å². The van der Waals surface area contributed by atoms with Crippen molar-refractivity contribution in [1.82, 2.24) is 15.2 Å². The number of hydrogen-bond donors (Lipinski definition) is 1. The van der Waals surface area contributed by atoms with Crippen LogP contribution in [0.3, 0.4) is 0 Å². The van der Waals surface area contributed by atoms with Crippen molar-refractivity contribution in [1.29, 1.82) is 0 Å². The summed E-state index contributed by atoms with van der Waals surface area (Å²) in [5.41, 5.74) is 6.44. The Morgan fingerprint density at radius 2 is 2.16 bits per heavy atom. The van der Waals surface area contributed by atoms with Gasteiger partial charge in [0.05, 0.1) is 17.7 Å². The Morgan fingerprint density at radius 1 is 1.21 bits per heavy atom. The Balaban J connectivity index is 1.70. The smallest absolute Gasteiger partial charge is 0.283 e. The van der Waals surface area contributed by atoms with Crippen LogP contribution in [0.1, 0.15) is 5.89 Å². The molecule has 0 aliphatic heterocycles. The lowest BCUT2D eigenvalue weighted by Crippen LogP contribution is -1.91. The van der Waals surface area contributed by atoms with E-state index in [0.29, 0.717) is 29.0 Å². The van der Waals surface area contributed by atoms with E-state index in [1.165, 1.54) is 11.8 Å². The molecule has 0 saturated carbocycles. The van der Waals surface area contributed by atoms with Gasteiger partial charge < -0.3 is 14.6 Å². The second-order valence-electron chi connectivity index (χ2n) is 3.66. The van der Waals surface area contributed by atoms with Gasteiger partial charge in [0.15, 0.2) is 5.76 Å². The molecule has 2 N–H and O–H groups in total. The molecule has 0 atom stereocenters. The number of nitrogens with zero attached hydrogens (tertiary/aromatic N) is 3. The molecule has 0 aliphatic rings. The van der Waals surface area contributed by atoms with Crippen LogP contribution in [-0.2, 0) is 5.75 Å². The fourth-order valence-corrected chi connectivity index (χ4v) is 2.21. The van der Waals surface area contributed by atoms with Gasteiger partial charge in [-0.25, -0.2) is 4.98 Å². The third-order valence-corrected chi connectivity index (χ3v) is 3.34. The zero-order valence-electron chi connectivity index (χ0n) is 9.81. The van der Waals surface area contributed by atoms with Gasteiger partial charge in [0, 0.05) is 6.20 Å². The highest BCUT2D eigenvalue weighted by molar-refractivity contribution is 7.98. The van der Waals surface area contributed by atoms with Gasteiger partial charge in [0.1, 0.15) is 5.03 Å². The Bertz CT molecular complexity index is 666. The van der Waals surface area contributed by atoms with Gasteiger partial charge in [-0.15, -0.1) is 10.2 Å². The maximum atomic E-state index is 5.80. The molecule has 3 aromatic heterocycles. The van der Waals surface area contributed by atoms with Gasteiger partial charge in [-0.1, -0.05) is 11.8 Å². The van der Waals surface area contributed by atoms with Gasteiger partial charge >= 0.3 is 0 Å². The molecule has 0 radical (unpaired) electrons. The van der Waals surface area contributed by atoms with Gasteiger partial charge in [0.25, 0.3) is 5.89 Å². The highest BCUT2D eigenvalue weighted by Crippen LogP contribution is 2.26. The van der Waals surface area contributed by atoms with Crippen molar-refractivity contribution in [2.24, 2.45) is 0 Å². The minimum absolute atomic E-state index is 0.370. The molecule has 0 saturated heterocycles. The summed E-state index contributed by atoms with van der Waals surface area (Å²) in [6.45, 7) is 0. The number of rotatable bonds is 4. The van der Waals surface area contributed by atoms with E-state index in [4.69, 9.17) is 14.6 Å². The van der Waals surface area contributed by atoms with Crippen molar-refractivity contribution in [3.63, 3.8) is 0 Å². The molecule has 0 amide bonds. The average molecular weight is 274 g/mol. The monoisotopic (exact) mass is 274 g/mol. The number of nitrogens with two attached hydrogens (primary N) is 1. The van der Waals surface area contributed by atoms with Gasteiger partial charge in [-0.05, 0) is 24.3 Å². The highest BCUT2D eigenvalue weighted by Gasteiger charge is 2.11. The number of thioether (sulfide) groups is 1. The minimum atomic E-state index is 0.370. The van der Waals surface area contributed by atoms with Gasteiger partial charge in [-0.2, -0.15) is 0 Å². The highest BCUT2D eigenvalue weighted by atomic mass is 32.2. The largest absolute Gasteiger partial charge is 0.459 e. The third-order valence-electron chi connectivity index (χ3n) is 2.33. The molecule has 0 aliphatic carbocycles. The summed E-state index contributed by atoms with van der Waals surface area (Å²) in [6, 6.07) is 7.13. The summed E-state index contributed by atoms with van der Waals surface area (Å²) in [5, 5.41) is 8.62. The van der Waals surface area contributed by atoms with Crippen LogP contribution in [0, 0.1) is 0 Å². The van der Waals surface area contributed by atoms with E-state index >= 15 is 0 Å². The van der Waals surface area contributed by atoms with Crippen molar-refractivity contribution in [2.45, 2.75) is 10.8 Å². The van der Waals surface area contributed by atoms with Crippen molar-refractivity contribution in [3.05, 3.63) is 42.6 Å². The first kappa shape index (κ1) is 11.8. The second kappa shape index (κ2) is 5.15. The van der Waals surface area contributed by atoms with E-state index in [1.807, 2.05) is 0 Å². The summed E-state index contributed by atoms with van der Waals surface area (Å²) in [7, 11) is 0. The lowest BCUT2D eigenvalue weighted by Gasteiger charge is -2.00. The normalized spacial score (nSPS) is 10.7. The first-order valence-electron chi connectivity index (χ1n) is 5.52. The van der Waals surface area contributed by atoms with Crippen LogP contribution >= 0.6 is 11.8 Å². The number of pyridine rings is 1. The summed E-state index contributed by atoms with van der Waals surface area (Å²) in [4.78, 5) is 4.18. The van der Waals surface area contributed by atoms with Crippen LogP contribution in [0.4, 0.5) is 5.69 Å². The van der Waals surface area contributed by atoms with Crippen LogP contribution in [0.25, 0.3) is 11.7 Å². The average Bonchev–Trinajstić information content (AvgIpc) is 3.09. The maximum Gasteiger partial charge on any atom is 0.283 e. The van der Waals surface area contributed by atoms with E-state index in [1.54, 1.807) is 36.7 Å². The number of nitrogen functional groups attached to an aromatic ring is 1. The molecule has 0 bridgehead atoms. The second-order valence-corrected chi connectivity index (χ2v) is 4.63. The molecule has 7 heteroatoms. The van der Waals surface area contributed by atoms with Crippen molar-refractivity contribution < 1.29 is 8.83 Å². The molecule has 3 heterocycles. The molecule has 0 unspecified atom stereocenters. The molecule has 3 rings (SSSR count). The number of hydrogen-bond acceptors (Lipinski definition) is 7. The number of aromatic nitrogens is 3. The van der Waals surface area contributed by atoms with E-state index in [-0.39, 0.29) is 0 Å². The van der Waals surface area contributed by atoms with Crippen LogP contribution in [0.5, 0.6) is 0 Å². The fourth-order valence-electron chi connectivity index (χ4n) is 1.47. The predicted octanol–water partition coefficient (Wildman–Crippen LogP) is 2.60. The maximum absolute atomic E-state index is 5.80. The number of furan rings is 1. The predicted molar refractivity (Wildman–Crippen MR) is 70.2 cm³/mol. The Kier molecular flexibility index (Phi) is 3.20. The molecular formula is C12H10N4O2S. The Hall–Kier alpha value is -2.28. The molecule has 19 heavy (non-hydrogen) atoms. The SMILES string of the molecule is Nc1cccnc1SCc1nnc(-c2ccco2)o1. The van der Waals surface area contributed by atoms with Crippen molar-refractivity contribution >= 4 is 17.4 Å². The fraction of sp³-hybridized carbons (Fsp3) is 0.0833. The van der Waals surface area contributed by atoms with Crippen LogP contribution in [-0.4, -0.2) is 15.2 Å². The van der Waals surface area contributed by atoms with Crippen LogP contribution in [0.15, 0.2) is 50.6 Å². The molecule has 0 spiro atoms. The summed E-state index contributed by atoms with van der Waals surface area (Å²) in [5.74, 6) is 1.94. The minimum Gasteiger partial charge on any atom is -0.459 e. The third kappa shape index (κ3) is 2.60. The van der Waals surface area contributed by atoms with E-state index in [2.05, 4.69) is 15.2 Å². The molecule has 0 fully saturated rings. The molecule has 6 nitrogen and oxygen atoms in total. The summed E-state index contributed by atoms with van der Waals surface area (Å²) < 4.78 is 10.7. The Morgan fingerprint density at radius 3 is 2.95 bits per heavy atom. The number of anilines is 1. The van der Waals surface area contributed by atoms with Gasteiger partial charge in [-0.3, -0.25) is 0 Å². The molecule has 96 valence electrons. The van der Waals surface area contributed by atoms with Gasteiger partial charge in [0.2, 0.25) is 5.89 Å². The standard InChI is InChI=1S/C12H10N4O2S/c13-8-3-1-5-14-12(8)19-7-10-15-16-11(18-10)9-4-2-6-17-9/h1-6H,7,13H2. The van der Waals surface area contributed by atoms with E-state index in [9.17, 15) is 0 Å². The first-order valence-corrected chi connectivity index (χ1v) is 6.51. The van der Waals surface area contributed by atoms with Crippen molar-refractivity contribution in [2.75, 3.05) is 5.73 Å². The van der Waals surface area contributed by atoms with Crippen LogP contribution < -0.4 is 5.73 Å². The van der Waals surface area contributed by atoms with Crippen LogP contribution in [0.2, 0.25) is 0 Å². The van der Waals surface area contributed by atoms with E-state index < -0.39 is 0 Å². The topological polar surface area (TPSA) is 91.0 Å². The van der Waals surface area contributed by atoms with E-state index in [0.717, 1.165) is 5.03 Å². The molecular weight excluding hydrogens is 264 g/mol. The Labute approximate surface area is 113 Å². The zero-order valence-corrected chi connectivity index (χ0v) is 10.6. The molecule has 3 aromatic rings. The first-order chi connectivity index (χ1) is 9.33. The summed E-state index contributed by atoms with van der Waals surface area (Å²) >= 11 is 1.45. The lowest BCUT2D eigenvalue weighted by atomic mass is 10.4. The quantitative estimate of drug-likeness (QED) is 0.731. The summed E-state index contributed by atoms with van der Waals surface area (Å²) in [6.07, 6.45) is 3.25. The zero-order chi connectivity index (χ0) is 13.1. The lowest BCUT2D eigenvalue weighted by molar-refractivity contribution is 0.494. The molecule has 0 aromatic carbocycles.